The molecular formula is C24H26F2N6O2. The van der Waals surface area contributed by atoms with Crippen LogP contribution in [0, 0.1) is 11.6 Å². The van der Waals surface area contributed by atoms with Gasteiger partial charge in [0.15, 0.2) is 11.6 Å². The van der Waals surface area contributed by atoms with Crippen molar-refractivity contribution in [1.29, 1.82) is 0 Å². The van der Waals surface area contributed by atoms with Crippen LogP contribution in [0.25, 0.3) is 10.9 Å². The molecule has 0 unspecified atom stereocenters. The van der Waals surface area contributed by atoms with Gasteiger partial charge in [-0.1, -0.05) is 0 Å². The van der Waals surface area contributed by atoms with Gasteiger partial charge in [-0.15, -0.1) is 0 Å². The first-order valence-electron chi connectivity index (χ1n) is 10.9. The lowest BCUT2D eigenvalue weighted by Gasteiger charge is -2.32. The number of nitrogens with one attached hydrogen (secondary N) is 1. The van der Waals surface area contributed by atoms with Gasteiger partial charge in [0.05, 0.1) is 23.0 Å². The fourth-order valence-corrected chi connectivity index (χ4v) is 3.69. The second-order valence-corrected chi connectivity index (χ2v) is 8.13. The number of aromatic amines is 1. The number of nitrogens with zero attached hydrogens (tertiary/aromatic N) is 4. The Hall–Kier alpha value is -3.63. The van der Waals surface area contributed by atoms with Crippen molar-refractivity contribution in [3.63, 3.8) is 0 Å². The van der Waals surface area contributed by atoms with E-state index in [2.05, 4.69) is 31.9 Å². The molecule has 1 aromatic heterocycles. The molecule has 0 bridgehead atoms. The van der Waals surface area contributed by atoms with Crippen LogP contribution in [-0.2, 0) is 0 Å². The lowest BCUT2D eigenvalue weighted by atomic mass is 10.1. The van der Waals surface area contributed by atoms with Crippen LogP contribution in [-0.4, -0.2) is 73.1 Å². The number of hydrazone groups is 1. The first kappa shape index (κ1) is 23.5. The molecule has 3 aromatic rings. The van der Waals surface area contributed by atoms with Gasteiger partial charge in [-0.25, -0.2) is 8.78 Å². The monoisotopic (exact) mass is 468 g/mol. The Morgan fingerprint density at radius 2 is 1.82 bits per heavy atom. The molecule has 1 fully saturated rings. The first-order valence-corrected chi connectivity index (χ1v) is 10.9. The number of ether oxygens (including phenoxy) is 1. The average molecular weight is 469 g/mol. The van der Waals surface area contributed by atoms with Crippen molar-refractivity contribution >= 4 is 28.5 Å². The number of pyridine rings is 1. The van der Waals surface area contributed by atoms with Crippen LogP contribution < -0.4 is 16.1 Å². The molecule has 0 amide bonds. The molecule has 0 aliphatic carbocycles. The van der Waals surface area contributed by atoms with Gasteiger partial charge < -0.3 is 20.5 Å². The number of benzene rings is 2. The van der Waals surface area contributed by atoms with Gasteiger partial charge in [-0.05, 0) is 43.4 Å². The smallest absolute Gasteiger partial charge is 0.258 e. The van der Waals surface area contributed by atoms with Crippen LogP contribution in [0.3, 0.4) is 0 Å². The van der Waals surface area contributed by atoms with Crippen molar-refractivity contribution in [3.05, 3.63) is 70.0 Å². The molecule has 2 aromatic carbocycles. The quantitative estimate of drug-likeness (QED) is 0.315. The van der Waals surface area contributed by atoms with E-state index in [-0.39, 0.29) is 16.8 Å². The molecule has 0 saturated carbocycles. The molecule has 178 valence electrons. The van der Waals surface area contributed by atoms with Crippen LogP contribution in [0.5, 0.6) is 5.75 Å². The minimum Gasteiger partial charge on any atom is -0.492 e. The number of aromatic nitrogens is 1. The summed E-state index contributed by atoms with van der Waals surface area (Å²) in [4.78, 5) is 23.9. The number of halogens is 2. The topological polar surface area (TPSA) is 99.3 Å². The van der Waals surface area contributed by atoms with E-state index in [9.17, 15) is 13.6 Å². The number of nitrogens with two attached hydrogens (primary N) is 1. The zero-order chi connectivity index (χ0) is 24.1. The van der Waals surface area contributed by atoms with Crippen molar-refractivity contribution in [1.82, 2.24) is 14.8 Å². The van der Waals surface area contributed by atoms with Gasteiger partial charge in [0.25, 0.3) is 5.56 Å². The number of aliphatic imine (C=N–C) groups is 1. The van der Waals surface area contributed by atoms with Gasteiger partial charge in [0.1, 0.15) is 18.1 Å². The van der Waals surface area contributed by atoms with Gasteiger partial charge in [0, 0.05) is 44.2 Å². The second-order valence-electron chi connectivity index (χ2n) is 8.13. The minimum atomic E-state index is -1.04. The number of likely N-dealkylation sites (N-methyl/N-ethyl adjacent to an activating group) is 1. The van der Waals surface area contributed by atoms with Crippen molar-refractivity contribution < 1.29 is 13.5 Å². The van der Waals surface area contributed by atoms with Crippen LogP contribution in [0.4, 0.5) is 14.5 Å². The second kappa shape index (κ2) is 10.5. The van der Waals surface area contributed by atoms with Crippen molar-refractivity contribution in [2.45, 2.75) is 0 Å². The maximum absolute atomic E-state index is 13.6. The normalized spacial score (nSPS) is 15.9. The molecule has 8 nitrogen and oxygen atoms in total. The van der Waals surface area contributed by atoms with Gasteiger partial charge in [0.2, 0.25) is 0 Å². The Kier molecular flexibility index (Phi) is 7.29. The Morgan fingerprint density at radius 3 is 2.53 bits per heavy atom. The number of rotatable bonds is 7. The summed E-state index contributed by atoms with van der Waals surface area (Å²) in [7, 11) is 2.13. The Bertz CT molecular complexity index is 1260. The van der Waals surface area contributed by atoms with Gasteiger partial charge in [-0.2, -0.15) is 5.10 Å². The molecule has 1 aliphatic rings. The molecule has 0 radical (unpaired) electrons. The molecule has 2 heterocycles. The number of hydrogen-bond acceptors (Lipinski definition) is 7. The Morgan fingerprint density at radius 1 is 1.12 bits per heavy atom. The van der Waals surface area contributed by atoms with E-state index < -0.39 is 17.2 Å². The molecular weight excluding hydrogens is 442 g/mol. The summed E-state index contributed by atoms with van der Waals surface area (Å²) in [6.07, 6.45) is 1.35. The molecule has 1 saturated heterocycles. The minimum absolute atomic E-state index is 0.0913. The largest absolute Gasteiger partial charge is 0.492 e. The number of piperazine rings is 1. The third kappa shape index (κ3) is 5.64. The highest BCUT2D eigenvalue weighted by molar-refractivity contribution is 6.38. The number of H-pyrrole nitrogens is 1. The molecule has 1 aliphatic heterocycles. The summed E-state index contributed by atoms with van der Waals surface area (Å²) >= 11 is 0. The van der Waals surface area contributed by atoms with Gasteiger partial charge in [-0.3, -0.25) is 14.7 Å². The molecule has 3 N–H and O–H groups in total. The van der Waals surface area contributed by atoms with Crippen molar-refractivity contribution in [3.8, 4) is 5.75 Å². The highest BCUT2D eigenvalue weighted by Crippen LogP contribution is 2.19. The summed E-state index contributed by atoms with van der Waals surface area (Å²) in [6.45, 7) is 5.71. The lowest BCUT2D eigenvalue weighted by molar-refractivity contribution is 0.134. The van der Waals surface area contributed by atoms with E-state index in [4.69, 9.17) is 10.6 Å². The summed E-state index contributed by atoms with van der Waals surface area (Å²) in [6, 6.07) is 10.5. The predicted octanol–water partition coefficient (Wildman–Crippen LogP) is 2.50. The third-order valence-electron chi connectivity index (χ3n) is 5.74. The number of hydrogen-bond donors (Lipinski definition) is 2. The molecule has 34 heavy (non-hydrogen) atoms. The van der Waals surface area contributed by atoms with Crippen LogP contribution in [0.15, 0.2) is 57.4 Å². The fraction of sp³-hybridized carbons (Fsp3) is 0.292. The first-order chi connectivity index (χ1) is 16.4. The Balaban J connectivity index is 1.40. The third-order valence-corrected chi connectivity index (χ3v) is 5.74. The highest BCUT2D eigenvalue weighted by atomic mass is 19.2. The van der Waals surface area contributed by atoms with Crippen LogP contribution in [0.1, 0.15) is 5.56 Å². The maximum Gasteiger partial charge on any atom is 0.258 e. The molecule has 10 heteroatoms. The van der Waals surface area contributed by atoms with Gasteiger partial charge >= 0.3 is 0 Å². The van der Waals surface area contributed by atoms with E-state index in [1.165, 1.54) is 12.3 Å². The lowest BCUT2D eigenvalue weighted by Crippen LogP contribution is -2.45. The fourth-order valence-electron chi connectivity index (χ4n) is 3.69. The standard InChI is InChI=1S/C24H26F2N6O2/c1-31-6-8-32(9-7-31)10-11-34-18-4-2-17(3-5-18)28-15-23(30-27)19-12-16-13-20(25)21(26)14-22(16)29-24(19)33/h2-5,12-15H,6-11,27H2,1H3,(H,29,33). The van der Waals surface area contributed by atoms with E-state index in [1.807, 2.05) is 12.1 Å². The summed E-state index contributed by atoms with van der Waals surface area (Å²) in [5, 5.41) is 3.94. The van der Waals surface area contributed by atoms with Crippen molar-refractivity contribution in [2.24, 2.45) is 15.9 Å². The summed E-state index contributed by atoms with van der Waals surface area (Å²) < 4.78 is 32.9. The maximum atomic E-state index is 13.6. The SMILES string of the molecule is CN1CCN(CCOc2ccc(N=CC(=NN)c3cc4cc(F)c(F)cc4[nH]c3=O)cc2)CC1. The van der Waals surface area contributed by atoms with Crippen molar-refractivity contribution in [2.75, 3.05) is 46.4 Å². The van der Waals surface area contributed by atoms with Crippen LogP contribution >= 0.6 is 0 Å². The van der Waals surface area contributed by atoms with Crippen LogP contribution in [0.2, 0.25) is 0 Å². The molecule has 0 spiro atoms. The summed E-state index contributed by atoms with van der Waals surface area (Å²) in [5.41, 5.74) is 0.425. The summed E-state index contributed by atoms with van der Waals surface area (Å²) in [5.74, 6) is 4.14. The Labute approximate surface area is 195 Å². The zero-order valence-corrected chi connectivity index (χ0v) is 18.8. The number of fused-ring (bicyclic) bond motifs is 1. The van der Waals surface area contributed by atoms with E-state index in [1.54, 1.807) is 12.1 Å². The van der Waals surface area contributed by atoms with E-state index >= 15 is 0 Å². The van der Waals surface area contributed by atoms with E-state index in [0.717, 1.165) is 50.6 Å². The van der Waals surface area contributed by atoms with E-state index in [0.29, 0.717) is 17.7 Å². The average Bonchev–Trinajstić information content (AvgIpc) is 2.83. The molecule has 4 rings (SSSR count). The molecule has 0 atom stereocenters. The highest BCUT2D eigenvalue weighted by Gasteiger charge is 2.13. The zero-order valence-electron chi connectivity index (χ0n) is 18.8. The predicted molar refractivity (Wildman–Crippen MR) is 129 cm³/mol.